The lowest BCUT2D eigenvalue weighted by Gasteiger charge is -2.31. The molecule has 0 amide bonds. The summed E-state index contributed by atoms with van der Waals surface area (Å²) in [6, 6.07) is 0. The monoisotopic (exact) mass is 179 g/mol. The minimum absolute atomic E-state index is 0.0382. The summed E-state index contributed by atoms with van der Waals surface area (Å²) < 4.78 is 25.2. The molecule has 1 fully saturated rings. The van der Waals surface area contributed by atoms with E-state index in [1.54, 1.807) is 4.90 Å². The number of rotatable bonds is 1. The van der Waals surface area contributed by atoms with Crippen LogP contribution in [0.4, 0.5) is 8.78 Å². The molecule has 1 aliphatic rings. The van der Waals surface area contributed by atoms with E-state index in [1.165, 1.54) is 0 Å². The van der Waals surface area contributed by atoms with Crippen LogP contribution in [-0.4, -0.2) is 30.5 Å². The van der Waals surface area contributed by atoms with E-state index in [0.29, 0.717) is 6.42 Å². The van der Waals surface area contributed by atoms with E-state index >= 15 is 0 Å². The van der Waals surface area contributed by atoms with Crippen molar-refractivity contribution in [2.45, 2.75) is 39.5 Å². The second-order valence-electron chi connectivity index (χ2n) is 2.83. The van der Waals surface area contributed by atoms with Crippen LogP contribution in [0.1, 0.15) is 33.6 Å². The maximum atomic E-state index is 12.6. The topological polar surface area (TPSA) is 3.24 Å². The molecule has 1 nitrogen and oxygen atoms in total. The third-order valence-corrected chi connectivity index (χ3v) is 1.92. The number of alkyl halides is 2. The van der Waals surface area contributed by atoms with Crippen LogP contribution in [0, 0.1) is 0 Å². The first-order valence-electron chi connectivity index (χ1n) is 4.74. The first-order chi connectivity index (χ1) is 5.64. The smallest absolute Gasteiger partial charge is 0.260 e. The van der Waals surface area contributed by atoms with E-state index in [9.17, 15) is 8.78 Å². The standard InChI is InChI=1S/C7H13F2N.C2H6/c1-2-10-5-3-4-7(8,9)6-10;1-2/h2-6H2,1H3;1-2H3. The van der Waals surface area contributed by atoms with Crippen molar-refractivity contribution in [1.29, 1.82) is 0 Å². The molecule has 0 N–H and O–H groups in total. The predicted octanol–water partition coefficient (Wildman–Crippen LogP) is 2.76. The number of hydrogen-bond acceptors (Lipinski definition) is 1. The lowest BCUT2D eigenvalue weighted by molar-refractivity contribution is -0.0625. The van der Waals surface area contributed by atoms with Crippen LogP contribution in [0.15, 0.2) is 0 Å². The van der Waals surface area contributed by atoms with E-state index in [-0.39, 0.29) is 13.0 Å². The molecular formula is C9H19F2N. The van der Waals surface area contributed by atoms with Gasteiger partial charge in [0.15, 0.2) is 0 Å². The molecule has 1 heterocycles. The lowest BCUT2D eigenvalue weighted by Crippen LogP contribution is -2.42. The summed E-state index contributed by atoms with van der Waals surface area (Å²) in [5.74, 6) is -2.42. The summed E-state index contributed by atoms with van der Waals surface area (Å²) >= 11 is 0. The van der Waals surface area contributed by atoms with Gasteiger partial charge in [0.05, 0.1) is 6.54 Å². The molecule has 0 unspecified atom stereocenters. The quantitative estimate of drug-likeness (QED) is 0.598. The molecule has 12 heavy (non-hydrogen) atoms. The average Bonchev–Trinajstić information content (AvgIpc) is 2.06. The van der Waals surface area contributed by atoms with Crippen molar-refractivity contribution in [1.82, 2.24) is 4.90 Å². The van der Waals surface area contributed by atoms with E-state index < -0.39 is 5.92 Å². The second-order valence-corrected chi connectivity index (χ2v) is 2.83. The first-order valence-corrected chi connectivity index (χ1v) is 4.74. The average molecular weight is 179 g/mol. The summed E-state index contributed by atoms with van der Waals surface area (Å²) in [7, 11) is 0. The zero-order valence-corrected chi connectivity index (χ0v) is 8.24. The van der Waals surface area contributed by atoms with Crippen molar-refractivity contribution in [2.75, 3.05) is 19.6 Å². The maximum Gasteiger partial charge on any atom is 0.260 e. The first kappa shape index (κ1) is 11.8. The zero-order chi connectivity index (χ0) is 9.61. The molecule has 0 aromatic carbocycles. The Hall–Kier alpha value is -0.180. The number of hydrogen-bond donors (Lipinski definition) is 0. The third-order valence-electron chi connectivity index (χ3n) is 1.92. The highest BCUT2D eigenvalue weighted by Crippen LogP contribution is 2.25. The summed E-state index contributed by atoms with van der Waals surface area (Å²) in [5, 5.41) is 0. The SMILES string of the molecule is CC.CCN1CCCC(F)(F)C1. The Morgan fingerprint density at radius 2 is 1.92 bits per heavy atom. The zero-order valence-electron chi connectivity index (χ0n) is 8.24. The summed E-state index contributed by atoms with van der Waals surface area (Å²) in [5.41, 5.74) is 0. The molecule has 74 valence electrons. The van der Waals surface area contributed by atoms with Gasteiger partial charge in [-0.2, -0.15) is 0 Å². The van der Waals surface area contributed by atoms with E-state index in [0.717, 1.165) is 13.1 Å². The van der Waals surface area contributed by atoms with Gasteiger partial charge in [0.2, 0.25) is 0 Å². The highest BCUT2D eigenvalue weighted by molar-refractivity contribution is 4.77. The number of halogens is 2. The fraction of sp³-hybridized carbons (Fsp3) is 1.00. The van der Waals surface area contributed by atoms with Crippen LogP contribution in [-0.2, 0) is 0 Å². The molecular weight excluding hydrogens is 160 g/mol. The molecule has 0 spiro atoms. The summed E-state index contributed by atoms with van der Waals surface area (Å²) in [4.78, 5) is 1.80. The molecule has 1 aliphatic heterocycles. The van der Waals surface area contributed by atoms with Crippen molar-refractivity contribution in [3.8, 4) is 0 Å². The molecule has 0 aliphatic carbocycles. The van der Waals surface area contributed by atoms with Gasteiger partial charge in [-0.05, 0) is 19.5 Å². The second kappa shape index (κ2) is 5.46. The summed E-state index contributed by atoms with van der Waals surface area (Å²) in [6.07, 6.45) is 0.713. The highest BCUT2D eigenvalue weighted by Gasteiger charge is 2.34. The van der Waals surface area contributed by atoms with Crippen molar-refractivity contribution in [2.24, 2.45) is 0 Å². The van der Waals surface area contributed by atoms with Crippen LogP contribution in [0.25, 0.3) is 0 Å². The van der Waals surface area contributed by atoms with Gasteiger partial charge in [-0.1, -0.05) is 20.8 Å². The number of nitrogens with zero attached hydrogens (tertiary/aromatic N) is 1. The van der Waals surface area contributed by atoms with Crippen molar-refractivity contribution < 1.29 is 8.78 Å². The Labute approximate surface area is 73.7 Å². The van der Waals surface area contributed by atoms with Crippen LogP contribution in [0.5, 0.6) is 0 Å². The van der Waals surface area contributed by atoms with Crippen molar-refractivity contribution >= 4 is 0 Å². The third kappa shape index (κ3) is 4.00. The Kier molecular flexibility index (Phi) is 5.38. The number of likely N-dealkylation sites (tertiary alicyclic amines) is 1. The predicted molar refractivity (Wildman–Crippen MR) is 47.6 cm³/mol. The minimum atomic E-state index is -2.42. The van der Waals surface area contributed by atoms with Gasteiger partial charge in [0.25, 0.3) is 5.92 Å². The molecule has 0 aromatic rings. The Bertz CT molecular complexity index is 115. The molecule has 1 saturated heterocycles. The largest absolute Gasteiger partial charge is 0.298 e. The van der Waals surface area contributed by atoms with Crippen molar-refractivity contribution in [3.63, 3.8) is 0 Å². The molecule has 0 bridgehead atoms. The Balaban J connectivity index is 0.000000561. The van der Waals surface area contributed by atoms with E-state index in [2.05, 4.69) is 0 Å². The van der Waals surface area contributed by atoms with Gasteiger partial charge < -0.3 is 0 Å². The van der Waals surface area contributed by atoms with E-state index in [4.69, 9.17) is 0 Å². The van der Waals surface area contributed by atoms with E-state index in [1.807, 2.05) is 20.8 Å². The normalized spacial score (nSPS) is 22.8. The van der Waals surface area contributed by atoms with Gasteiger partial charge in [-0.3, -0.25) is 4.90 Å². The fourth-order valence-electron chi connectivity index (χ4n) is 1.32. The number of piperidine rings is 1. The van der Waals surface area contributed by atoms with Crippen LogP contribution >= 0.6 is 0 Å². The van der Waals surface area contributed by atoms with Gasteiger partial charge in [-0.15, -0.1) is 0 Å². The minimum Gasteiger partial charge on any atom is -0.298 e. The molecule has 3 heteroatoms. The van der Waals surface area contributed by atoms with Gasteiger partial charge >= 0.3 is 0 Å². The molecule has 0 radical (unpaired) electrons. The van der Waals surface area contributed by atoms with Crippen molar-refractivity contribution in [3.05, 3.63) is 0 Å². The van der Waals surface area contributed by atoms with Crippen LogP contribution in [0.2, 0.25) is 0 Å². The van der Waals surface area contributed by atoms with Gasteiger partial charge in [0.1, 0.15) is 0 Å². The molecule has 1 rings (SSSR count). The highest BCUT2D eigenvalue weighted by atomic mass is 19.3. The molecule has 0 aromatic heterocycles. The van der Waals surface area contributed by atoms with Crippen LogP contribution < -0.4 is 0 Å². The Morgan fingerprint density at radius 1 is 1.33 bits per heavy atom. The Morgan fingerprint density at radius 3 is 2.25 bits per heavy atom. The van der Waals surface area contributed by atoms with Crippen LogP contribution in [0.3, 0.4) is 0 Å². The molecule has 0 saturated carbocycles. The summed E-state index contributed by atoms with van der Waals surface area (Å²) in [6.45, 7) is 7.46. The van der Waals surface area contributed by atoms with Gasteiger partial charge in [0, 0.05) is 6.42 Å². The van der Waals surface area contributed by atoms with Gasteiger partial charge in [-0.25, -0.2) is 8.78 Å². The molecule has 0 atom stereocenters. The maximum absolute atomic E-state index is 12.6. The fourth-order valence-corrected chi connectivity index (χ4v) is 1.32. The lowest BCUT2D eigenvalue weighted by atomic mass is 10.1.